The monoisotopic (exact) mass is 1100 g/mol. The summed E-state index contributed by atoms with van der Waals surface area (Å²) in [5, 5.41) is 0. The van der Waals surface area contributed by atoms with Gasteiger partial charge < -0.3 is 14.2 Å². The van der Waals surface area contributed by atoms with Crippen LogP contribution in [-0.2, 0) is 28.6 Å². The van der Waals surface area contributed by atoms with Crippen LogP contribution in [-0.4, -0.2) is 37.2 Å². The number of unbranched alkanes of at least 4 members (excludes halogenated alkanes) is 31. The van der Waals surface area contributed by atoms with Crippen molar-refractivity contribution in [1.82, 2.24) is 0 Å². The highest BCUT2D eigenvalue weighted by atomic mass is 16.6. The molecule has 0 aromatic heterocycles. The van der Waals surface area contributed by atoms with Crippen LogP contribution in [0, 0.1) is 0 Å². The van der Waals surface area contributed by atoms with Crippen molar-refractivity contribution in [2.45, 2.75) is 322 Å². The van der Waals surface area contributed by atoms with Gasteiger partial charge in [0.2, 0.25) is 0 Å². The average Bonchev–Trinajstić information content (AvgIpc) is 3.45. The van der Waals surface area contributed by atoms with Crippen LogP contribution in [0.25, 0.3) is 0 Å². The molecule has 0 spiro atoms. The van der Waals surface area contributed by atoms with Crippen molar-refractivity contribution in [2.75, 3.05) is 13.2 Å². The van der Waals surface area contributed by atoms with Crippen LogP contribution < -0.4 is 0 Å². The topological polar surface area (TPSA) is 78.9 Å². The summed E-state index contributed by atoms with van der Waals surface area (Å²) in [6, 6.07) is 0. The minimum Gasteiger partial charge on any atom is -0.462 e. The predicted molar refractivity (Wildman–Crippen MR) is 343 cm³/mol. The molecule has 79 heavy (non-hydrogen) atoms. The van der Waals surface area contributed by atoms with Crippen molar-refractivity contribution in [2.24, 2.45) is 0 Å². The Hall–Kier alpha value is -3.93. The van der Waals surface area contributed by atoms with E-state index in [0.717, 1.165) is 122 Å². The largest absolute Gasteiger partial charge is 0.462 e. The second-order valence-electron chi connectivity index (χ2n) is 22.0. The zero-order valence-electron chi connectivity index (χ0n) is 51.9. The summed E-state index contributed by atoms with van der Waals surface area (Å²) < 4.78 is 16.9. The molecule has 1 unspecified atom stereocenters. The van der Waals surface area contributed by atoms with Gasteiger partial charge in [-0.1, -0.05) is 278 Å². The van der Waals surface area contributed by atoms with Gasteiger partial charge in [0.25, 0.3) is 0 Å². The SMILES string of the molecule is CC/C=C\C/C=C\C/C=C\C/C=C\C/C=C\C/C=C\C/C=C\CCCCCCCCCCCCCC(=O)OCC(COC(=O)CCCCCCC/C=C\CCCCCC)OC(=O)CCCCCCC/C=C\CCCCCCCC. The molecule has 0 aliphatic carbocycles. The Labute approximate surface area is 489 Å². The Bertz CT molecular complexity index is 1590. The standard InChI is InChI=1S/C73H124O6/c1-4-7-10-13-16-19-22-25-27-28-29-30-31-32-33-34-35-36-37-38-39-40-41-42-43-44-46-48-51-54-57-60-63-66-72(75)78-69-70(68-77-71(74)65-62-59-56-53-50-47-24-21-18-15-12-9-6-3)79-73(76)67-64-61-58-55-52-49-45-26-23-20-17-14-11-8-5-2/h7,10,16,19,21,24-27,29-30,32-33,35-36,38-39,45,70H,4-6,8-9,11-15,17-18,20,22-23,28,31,34,37,40-44,46-69H2,1-3H3/b10-7-,19-16-,24-21-,27-25-,30-29-,33-32-,36-35-,39-38-,45-26-. The normalized spacial score (nSPS) is 12.8. The van der Waals surface area contributed by atoms with E-state index in [1.165, 1.54) is 154 Å². The second kappa shape index (κ2) is 66.6. The third-order valence-corrected chi connectivity index (χ3v) is 14.2. The number of hydrogen-bond donors (Lipinski definition) is 0. The number of allylic oxidation sites excluding steroid dienone is 18. The number of ether oxygens (including phenoxy) is 3. The van der Waals surface area contributed by atoms with Crippen molar-refractivity contribution in [3.05, 3.63) is 109 Å². The molecular weight excluding hydrogens is 973 g/mol. The lowest BCUT2D eigenvalue weighted by Gasteiger charge is -2.18. The molecule has 0 saturated heterocycles. The molecule has 0 rings (SSSR count). The Morgan fingerprint density at radius 3 is 0.797 bits per heavy atom. The molecule has 0 aromatic carbocycles. The highest BCUT2D eigenvalue weighted by Crippen LogP contribution is 2.16. The lowest BCUT2D eigenvalue weighted by atomic mass is 10.0. The zero-order chi connectivity index (χ0) is 57.1. The van der Waals surface area contributed by atoms with Crippen molar-refractivity contribution >= 4 is 17.9 Å². The van der Waals surface area contributed by atoms with E-state index in [0.29, 0.717) is 19.3 Å². The van der Waals surface area contributed by atoms with E-state index >= 15 is 0 Å². The van der Waals surface area contributed by atoms with E-state index < -0.39 is 6.10 Å². The van der Waals surface area contributed by atoms with E-state index in [1.54, 1.807) is 0 Å². The summed E-state index contributed by atoms with van der Waals surface area (Å²) in [5.41, 5.74) is 0. The quantitative estimate of drug-likeness (QED) is 0.0261. The lowest BCUT2D eigenvalue weighted by molar-refractivity contribution is -0.167. The minimum absolute atomic E-state index is 0.0841. The van der Waals surface area contributed by atoms with E-state index in [-0.39, 0.29) is 31.1 Å². The van der Waals surface area contributed by atoms with Crippen LogP contribution in [0.15, 0.2) is 109 Å². The van der Waals surface area contributed by atoms with Gasteiger partial charge in [-0.05, 0) is 128 Å². The number of carbonyl (C=O) groups is 3. The molecule has 0 bridgehead atoms. The molecule has 0 heterocycles. The Kier molecular flexibility index (Phi) is 63.3. The molecule has 0 aliphatic rings. The number of esters is 3. The second-order valence-corrected chi connectivity index (χ2v) is 22.0. The first kappa shape index (κ1) is 75.1. The summed E-state index contributed by atoms with van der Waals surface area (Å²) >= 11 is 0. The Morgan fingerprint density at radius 1 is 0.266 bits per heavy atom. The highest BCUT2D eigenvalue weighted by molar-refractivity contribution is 5.71. The third-order valence-electron chi connectivity index (χ3n) is 14.2. The van der Waals surface area contributed by atoms with Gasteiger partial charge in [0.1, 0.15) is 13.2 Å². The fourth-order valence-corrected chi connectivity index (χ4v) is 9.24. The van der Waals surface area contributed by atoms with E-state index in [2.05, 4.69) is 130 Å². The first-order valence-corrected chi connectivity index (χ1v) is 33.4. The van der Waals surface area contributed by atoms with Crippen molar-refractivity contribution in [3.63, 3.8) is 0 Å². The maximum absolute atomic E-state index is 12.9. The first-order valence-electron chi connectivity index (χ1n) is 33.4. The van der Waals surface area contributed by atoms with Gasteiger partial charge in [-0.25, -0.2) is 0 Å². The van der Waals surface area contributed by atoms with Crippen LogP contribution in [0.4, 0.5) is 0 Å². The highest BCUT2D eigenvalue weighted by Gasteiger charge is 2.19. The molecule has 0 saturated carbocycles. The minimum atomic E-state index is -0.787. The van der Waals surface area contributed by atoms with Crippen molar-refractivity contribution < 1.29 is 28.6 Å². The lowest BCUT2D eigenvalue weighted by Crippen LogP contribution is -2.30. The fourth-order valence-electron chi connectivity index (χ4n) is 9.24. The summed E-state index contributed by atoms with van der Waals surface area (Å²) in [7, 11) is 0. The summed E-state index contributed by atoms with van der Waals surface area (Å²) in [6.07, 6.45) is 91.0. The molecule has 0 radical (unpaired) electrons. The zero-order valence-corrected chi connectivity index (χ0v) is 51.9. The average molecular weight is 1100 g/mol. The van der Waals surface area contributed by atoms with Crippen LogP contribution in [0.1, 0.15) is 316 Å². The first-order chi connectivity index (χ1) is 39.0. The van der Waals surface area contributed by atoms with E-state index in [1.807, 2.05) is 0 Å². The molecule has 0 aliphatic heterocycles. The van der Waals surface area contributed by atoms with Gasteiger partial charge in [-0.15, -0.1) is 0 Å². The maximum Gasteiger partial charge on any atom is 0.306 e. The molecular formula is C73H124O6. The van der Waals surface area contributed by atoms with Crippen LogP contribution in [0.2, 0.25) is 0 Å². The van der Waals surface area contributed by atoms with Crippen molar-refractivity contribution in [1.29, 1.82) is 0 Å². The Morgan fingerprint density at radius 2 is 0.494 bits per heavy atom. The molecule has 1 atom stereocenters. The maximum atomic E-state index is 12.9. The molecule has 0 N–H and O–H groups in total. The van der Waals surface area contributed by atoms with E-state index in [9.17, 15) is 14.4 Å². The molecule has 0 amide bonds. The van der Waals surface area contributed by atoms with Gasteiger partial charge in [0.05, 0.1) is 0 Å². The molecule has 0 fully saturated rings. The van der Waals surface area contributed by atoms with Crippen LogP contribution >= 0.6 is 0 Å². The predicted octanol–water partition coefficient (Wildman–Crippen LogP) is 23.0. The smallest absolute Gasteiger partial charge is 0.306 e. The molecule has 6 nitrogen and oxygen atoms in total. The van der Waals surface area contributed by atoms with Gasteiger partial charge in [-0.3, -0.25) is 14.4 Å². The summed E-state index contributed by atoms with van der Waals surface area (Å²) in [5.74, 6) is -0.895. The third kappa shape index (κ3) is 64.8. The van der Waals surface area contributed by atoms with Crippen LogP contribution in [0.3, 0.4) is 0 Å². The fraction of sp³-hybridized carbons (Fsp3) is 0.712. The van der Waals surface area contributed by atoms with Gasteiger partial charge >= 0.3 is 17.9 Å². The van der Waals surface area contributed by atoms with Gasteiger partial charge in [0, 0.05) is 19.3 Å². The molecule has 6 heteroatoms. The van der Waals surface area contributed by atoms with Gasteiger partial charge in [0.15, 0.2) is 6.10 Å². The number of carbonyl (C=O) groups excluding carboxylic acids is 3. The Balaban J connectivity index is 4.23. The van der Waals surface area contributed by atoms with Crippen LogP contribution in [0.5, 0.6) is 0 Å². The number of hydrogen-bond acceptors (Lipinski definition) is 6. The van der Waals surface area contributed by atoms with E-state index in [4.69, 9.17) is 14.2 Å². The molecule has 0 aromatic rings. The number of rotatable bonds is 60. The van der Waals surface area contributed by atoms with Crippen molar-refractivity contribution in [3.8, 4) is 0 Å². The van der Waals surface area contributed by atoms with Gasteiger partial charge in [-0.2, -0.15) is 0 Å². The summed E-state index contributed by atoms with van der Waals surface area (Å²) in [4.78, 5) is 38.3. The molecule has 452 valence electrons. The summed E-state index contributed by atoms with van der Waals surface area (Å²) in [6.45, 7) is 6.51.